The summed E-state index contributed by atoms with van der Waals surface area (Å²) >= 11 is 0. The van der Waals surface area contributed by atoms with Crippen LogP contribution in [0.1, 0.15) is 89.2 Å². The number of nitrogens with one attached hydrogen (secondary N) is 2. The van der Waals surface area contributed by atoms with Crippen LogP contribution in [0.3, 0.4) is 0 Å². The summed E-state index contributed by atoms with van der Waals surface area (Å²) in [6, 6.07) is 11.4. The van der Waals surface area contributed by atoms with Crippen LogP contribution >= 0.6 is 0 Å². The Morgan fingerprint density at radius 1 is 1.22 bits per heavy atom. The average molecular weight is 434 g/mol. The summed E-state index contributed by atoms with van der Waals surface area (Å²) in [6.07, 6.45) is 20.5. The van der Waals surface area contributed by atoms with E-state index in [9.17, 15) is 0 Å². The van der Waals surface area contributed by atoms with E-state index in [4.69, 9.17) is 5.26 Å². The van der Waals surface area contributed by atoms with Gasteiger partial charge in [0, 0.05) is 18.6 Å². The van der Waals surface area contributed by atoms with Gasteiger partial charge >= 0.3 is 0 Å². The van der Waals surface area contributed by atoms with Crippen LogP contribution in [-0.2, 0) is 12.1 Å². The topological polar surface area (TPSA) is 47.9 Å². The molecule has 3 nitrogen and oxygen atoms in total. The van der Waals surface area contributed by atoms with Crippen molar-refractivity contribution in [3.8, 4) is 6.07 Å². The Balaban J connectivity index is 1.68. The highest BCUT2D eigenvalue weighted by Gasteiger charge is 2.49. The third kappa shape index (κ3) is 5.84. The number of nitriles is 1. The molecule has 0 bridgehead atoms. The molecule has 174 valence electrons. The van der Waals surface area contributed by atoms with E-state index in [0.29, 0.717) is 18.3 Å². The first kappa shape index (κ1) is 24.6. The molecule has 1 fully saturated rings. The van der Waals surface area contributed by atoms with Crippen molar-refractivity contribution in [2.24, 2.45) is 17.8 Å². The molecule has 32 heavy (non-hydrogen) atoms. The third-order valence-corrected chi connectivity index (χ3v) is 7.87. The first-order chi connectivity index (χ1) is 15.8. The zero-order valence-electron chi connectivity index (χ0n) is 20.3. The average Bonchev–Trinajstić information content (AvgIpc) is 3.48. The smallest absolute Gasteiger partial charge is 0.0663 e. The van der Waals surface area contributed by atoms with E-state index in [1.54, 1.807) is 5.56 Å². The number of nitrogens with zero attached hydrogens (tertiary/aromatic N) is 1. The molecule has 3 rings (SSSR count). The van der Waals surface area contributed by atoms with Gasteiger partial charge in [-0.2, -0.15) is 5.26 Å². The highest BCUT2D eigenvalue weighted by molar-refractivity contribution is 5.40. The van der Waals surface area contributed by atoms with E-state index < -0.39 is 0 Å². The highest BCUT2D eigenvalue weighted by atomic mass is 15.0. The lowest BCUT2D eigenvalue weighted by atomic mass is 9.66. The Kier molecular flexibility index (Phi) is 9.88. The number of rotatable bonds is 13. The van der Waals surface area contributed by atoms with Crippen LogP contribution in [0.2, 0.25) is 0 Å². The van der Waals surface area contributed by atoms with E-state index in [0.717, 1.165) is 25.4 Å². The van der Waals surface area contributed by atoms with E-state index in [2.05, 4.69) is 73.2 Å². The fraction of sp³-hybridized carbons (Fsp3) is 0.621. The Bertz CT molecular complexity index is 784. The first-order valence-corrected chi connectivity index (χ1v) is 13.0. The van der Waals surface area contributed by atoms with Crippen LogP contribution < -0.4 is 10.6 Å². The molecule has 0 spiro atoms. The van der Waals surface area contributed by atoms with Gasteiger partial charge in [-0.25, -0.2) is 0 Å². The minimum Gasteiger partial charge on any atom is -0.391 e. The van der Waals surface area contributed by atoms with Crippen molar-refractivity contribution >= 4 is 0 Å². The molecule has 1 heterocycles. The van der Waals surface area contributed by atoms with E-state index in [1.807, 2.05) is 6.08 Å². The summed E-state index contributed by atoms with van der Waals surface area (Å²) < 4.78 is 0. The fourth-order valence-electron chi connectivity index (χ4n) is 6.34. The van der Waals surface area contributed by atoms with Gasteiger partial charge in [0.1, 0.15) is 0 Å². The molecular formula is C29H43N3. The van der Waals surface area contributed by atoms with Gasteiger partial charge < -0.3 is 10.6 Å². The summed E-state index contributed by atoms with van der Waals surface area (Å²) in [5.41, 5.74) is 3.30. The molecule has 1 aliphatic carbocycles. The Hall–Kier alpha value is -2.05. The minimum atomic E-state index is 0.174. The molecule has 1 aromatic rings. The quantitative estimate of drug-likeness (QED) is 0.330. The lowest BCUT2D eigenvalue weighted by Crippen LogP contribution is -2.49. The van der Waals surface area contributed by atoms with Crippen LogP contribution in [0, 0.1) is 29.1 Å². The summed E-state index contributed by atoms with van der Waals surface area (Å²) in [6.45, 7) is 6.49. The van der Waals surface area contributed by atoms with Gasteiger partial charge in [0.15, 0.2) is 0 Å². The summed E-state index contributed by atoms with van der Waals surface area (Å²) in [5.74, 6) is 2.08. The Morgan fingerprint density at radius 2 is 2.03 bits per heavy atom. The third-order valence-electron chi connectivity index (χ3n) is 7.87. The molecule has 0 aromatic heterocycles. The lowest BCUT2D eigenvalue weighted by molar-refractivity contribution is 0.119. The second kappa shape index (κ2) is 12.9. The van der Waals surface area contributed by atoms with Gasteiger partial charge in [0.25, 0.3) is 0 Å². The second-order valence-electron chi connectivity index (χ2n) is 9.74. The lowest BCUT2D eigenvalue weighted by Gasteiger charge is -2.44. The van der Waals surface area contributed by atoms with Crippen LogP contribution in [0.15, 0.2) is 48.7 Å². The zero-order chi connectivity index (χ0) is 22.7. The monoisotopic (exact) mass is 433 g/mol. The van der Waals surface area contributed by atoms with Crippen LogP contribution in [0.25, 0.3) is 0 Å². The van der Waals surface area contributed by atoms with Crippen molar-refractivity contribution in [2.45, 2.75) is 90.1 Å². The summed E-state index contributed by atoms with van der Waals surface area (Å²) in [4.78, 5) is 0. The van der Waals surface area contributed by atoms with Crippen LogP contribution in [0.4, 0.5) is 0 Å². The van der Waals surface area contributed by atoms with Crippen LogP contribution in [0.5, 0.6) is 0 Å². The van der Waals surface area contributed by atoms with Gasteiger partial charge in [0.2, 0.25) is 0 Å². The molecule has 3 atom stereocenters. The van der Waals surface area contributed by atoms with Crippen molar-refractivity contribution in [3.05, 3.63) is 59.8 Å². The normalized spacial score (nSPS) is 22.9. The SMILES string of the molecule is C/C=C/NCC(C/C=C\CC#N)CCCC(CC)C1(C2CCCC2)NCc2ccccc21. The van der Waals surface area contributed by atoms with Gasteiger partial charge in [-0.1, -0.05) is 75.1 Å². The largest absolute Gasteiger partial charge is 0.391 e. The fourth-order valence-corrected chi connectivity index (χ4v) is 6.34. The Labute approximate surface area is 196 Å². The molecule has 0 amide bonds. The summed E-state index contributed by atoms with van der Waals surface area (Å²) in [5, 5.41) is 16.3. The standard InChI is InChI=1S/C29H43N3/c1-3-21-31-22-24(13-6-5-11-20-30)14-12-18-26(4-2)29(27-16-8-9-17-27)28-19-10-7-15-25(28)23-32-29/h3,5-7,10,15,19,21,24,26-27,31-32H,4,8-9,11-14,16-18,22-23H2,1-2H3/b6-5-,21-3+. The van der Waals surface area contributed by atoms with E-state index in [1.165, 1.54) is 56.9 Å². The number of hydrogen-bond acceptors (Lipinski definition) is 3. The van der Waals surface area contributed by atoms with Crippen molar-refractivity contribution in [3.63, 3.8) is 0 Å². The first-order valence-electron chi connectivity index (χ1n) is 13.0. The minimum absolute atomic E-state index is 0.174. The van der Waals surface area contributed by atoms with Crippen LogP contribution in [-0.4, -0.2) is 6.54 Å². The maximum Gasteiger partial charge on any atom is 0.0663 e. The van der Waals surface area contributed by atoms with Crippen molar-refractivity contribution in [2.75, 3.05) is 6.54 Å². The number of fused-ring (bicyclic) bond motifs is 1. The van der Waals surface area contributed by atoms with Gasteiger partial charge in [-0.05, 0) is 74.1 Å². The van der Waals surface area contributed by atoms with E-state index >= 15 is 0 Å². The number of benzene rings is 1. The summed E-state index contributed by atoms with van der Waals surface area (Å²) in [7, 11) is 0. The molecule has 1 aliphatic heterocycles. The predicted molar refractivity (Wildman–Crippen MR) is 135 cm³/mol. The molecule has 1 aromatic carbocycles. The molecule has 3 unspecified atom stereocenters. The molecule has 0 radical (unpaired) electrons. The molecule has 1 saturated carbocycles. The van der Waals surface area contributed by atoms with Gasteiger partial charge in [-0.3, -0.25) is 0 Å². The zero-order valence-corrected chi connectivity index (χ0v) is 20.3. The highest BCUT2D eigenvalue weighted by Crippen LogP contribution is 2.51. The molecule has 2 N–H and O–H groups in total. The second-order valence-corrected chi connectivity index (χ2v) is 9.74. The Morgan fingerprint density at radius 3 is 2.78 bits per heavy atom. The maximum absolute atomic E-state index is 8.79. The number of allylic oxidation sites excluding steroid dienone is 3. The molecular weight excluding hydrogens is 390 g/mol. The molecule has 2 aliphatic rings. The van der Waals surface area contributed by atoms with E-state index in [-0.39, 0.29) is 5.54 Å². The van der Waals surface area contributed by atoms with Crippen molar-refractivity contribution in [1.82, 2.24) is 10.6 Å². The predicted octanol–water partition coefficient (Wildman–Crippen LogP) is 6.97. The number of hydrogen-bond donors (Lipinski definition) is 2. The van der Waals surface area contributed by atoms with Crippen molar-refractivity contribution in [1.29, 1.82) is 5.26 Å². The molecule has 0 saturated heterocycles. The maximum atomic E-state index is 8.79. The van der Waals surface area contributed by atoms with Crippen molar-refractivity contribution < 1.29 is 0 Å². The van der Waals surface area contributed by atoms with Gasteiger partial charge in [-0.15, -0.1) is 0 Å². The van der Waals surface area contributed by atoms with Gasteiger partial charge in [0.05, 0.1) is 12.5 Å². The molecule has 3 heteroatoms.